The van der Waals surface area contributed by atoms with Crippen LogP contribution in [0.15, 0.2) is 72.6 Å². The van der Waals surface area contributed by atoms with Crippen LogP contribution < -0.4 is 0 Å². The number of hydrogen-bond acceptors (Lipinski definition) is 3. The summed E-state index contributed by atoms with van der Waals surface area (Å²) in [6.07, 6.45) is 2.22. The Morgan fingerprint density at radius 2 is 1.56 bits per heavy atom. The van der Waals surface area contributed by atoms with Crippen molar-refractivity contribution in [1.82, 2.24) is 9.80 Å². The molecule has 0 bridgehead atoms. The van der Waals surface area contributed by atoms with Gasteiger partial charge in [0.05, 0.1) is 0 Å². The summed E-state index contributed by atoms with van der Waals surface area (Å²) in [5.74, 6) is -0.130. The molecule has 2 aromatic rings. The van der Waals surface area contributed by atoms with E-state index in [4.69, 9.17) is 0 Å². The quantitative estimate of drug-likeness (QED) is 0.841. The minimum Gasteiger partial charge on any atom is -0.369 e. The zero-order valence-electron chi connectivity index (χ0n) is 14.4. The van der Waals surface area contributed by atoms with E-state index in [1.165, 1.54) is 5.56 Å². The second kappa shape index (κ2) is 7.79. The van der Waals surface area contributed by atoms with Crippen LogP contribution in [-0.4, -0.2) is 34.6 Å². The van der Waals surface area contributed by atoms with Crippen LogP contribution in [0.1, 0.15) is 29.3 Å². The van der Waals surface area contributed by atoms with Gasteiger partial charge in [0.15, 0.2) is 5.78 Å². The molecule has 3 rings (SSSR count). The van der Waals surface area contributed by atoms with Crippen molar-refractivity contribution in [2.24, 2.45) is 0 Å². The molecule has 1 amide bonds. The van der Waals surface area contributed by atoms with Crippen LogP contribution >= 0.6 is 0 Å². The molecule has 0 aliphatic carbocycles. The predicted octanol–water partition coefficient (Wildman–Crippen LogP) is 3.47. The summed E-state index contributed by atoms with van der Waals surface area (Å²) >= 11 is 0. The fourth-order valence-electron chi connectivity index (χ4n) is 2.95. The Kier molecular flexibility index (Phi) is 5.29. The maximum atomic E-state index is 12.8. The maximum absolute atomic E-state index is 12.8. The lowest BCUT2D eigenvalue weighted by atomic mass is 10.1. The second-order valence-electron chi connectivity index (χ2n) is 6.07. The number of carbonyl (C=O) groups is 2. The predicted molar refractivity (Wildman–Crippen MR) is 97.7 cm³/mol. The van der Waals surface area contributed by atoms with E-state index in [9.17, 15) is 9.59 Å². The Morgan fingerprint density at radius 3 is 2.20 bits per heavy atom. The molecule has 0 atom stereocenters. The third kappa shape index (κ3) is 3.97. The summed E-state index contributed by atoms with van der Waals surface area (Å²) in [6, 6.07) is 19.3. The molecule has 1 aliphatic rings. The van der Waals surface area contributed by atoms with Gasteiger partial charge in [-0.15, -0.1) is 0 Å². The largest absolute Gasteiger partial charge is 0.369 e. The lowest BCUT2D eigenvalue weighted by Crippen LogP contribution is -2.43. The van der Waals surface area contributed by atoms with Crippen molar-refractivity contribution in [3.63, 3.8) is 0 Å². The molecule has 128 valence electrons. The summed E-state index contributed by atoms with van der Waals surface area (Å²) < 4.78 is 0. The van der Waals surface area contributed by atoms with Crippen molar-refractivity contribution >= 4 is 11.7 Å². The van der Waals surface area contributed by atoms with Crippen molar-refractivity contribution in [2.45, 2.75) is 19.9 Å². The number of carbonyl (C=O) groups excluding carboxylic acids is 2. The van der Waals surface area contributed by atoms with Crippen LogP contribution in [0.25, 0.3) is 0 Å². The molecule has 0 N–H and O–H groups in total. The van der Waals surface area contributed by atoms with E-state index < -0.39 is 0 Å². The van der Waals surface area contributed by atoms with Gasteiger partial charge in [-0.3, -0.25) is 9.59 Å². The average Bonchev–Trinajstić information content (AvgIpc) is 2.68. The molecule has 0 radical (unpaired) electrons. The Balaban J connectivity index is 1.84. The molecular formula is C21H22N2O2. The topological polar surface area (TPSA) is 40.6 Å². The van der Waals surface area contributed by atoms with Crippen LogP contribution in [0.3, 0.4) is 0 Å². The number of ketones is 1. The van der Waals surface area contributed by atoms with E-state index in [0.29, 0.717) is 30.8 Å². The Morgan fingerprint density at radius 1 is 0.920 bits per heavy atom. The molecule has 25 heavy (non-hydrogen) atoms. The van der Waals surface area contributed by atoms with Crippen molar-refractivity contribution in [2.75, 3.05) is 13.1 Å². The highest BCUT2D eigenvalue weighted by Gasteiger charge is 2.28. The highest BCUT2D eigenvalue weighted by Crippen LogP contribution is 2.20. The number of Topliss-reactive ketones (excluding diaryl/α,β-unsaturated/α-hetero) is 1. The van der Waals surface area contributed by atoms with Gasteiger partial charge in [-0.05, 0) is 17.7 Å². The molecule has 2 aromatic carbocycles. The van der Waals surface area contributed by atoms with Gasteiger partial charge in [-0.25, -0.2) is 0 Å². The SMILES string of the molecule is CCC(=O)C1=CN(Cc2ccccc2)CCN1C(=O)c1ccccc1. The molecule has 0 unspecified atom stereocenters. The number of nitrogens with zero attached hydrogens (tertiary/aromatic N) is 2. The molecular weight excluding hydrogens is 312 g/mol. The van der Waals surface area contributed by atoms with Crippen molar-refractivity contribution in [1.29, 1.82) is 0 Å². The number of allylic oxidation sites excluding steroid dienone is 1. The molecule has 0 saturated heterocycles. The second-order valence-corrected chi connectivity index (χ2v) is 6.07. The van der Waals surface area contributed by atoms with Gasteiger partial charge < -0.3 is 9.80 Å². The first-order valence-electron chi connectivity index (χ1n) is 8.59. The third-order valence-corrected chi connectivity index (χ3v) is 4.31. The fraction of sp³-hybridized carbons (Fsp3) is 0.238. The van der Waals surface area contributed by atoms with Gasteiger partial charge in [-0.2, -0.15) is 0 Å². The number of hydrogen-bond donors (Lipinski definition) is 0. The van der Waals surface area contributed by atoms with E-state index in [2.05, 4.69) is 17.0 Å². The van der Waals surface area contributed by atoms with Crippen molar-refractivity contribution in [3.05, 3.63) is 83.7 Å². The summed E-state index contributed by atoms with van der Waals surface area (Å²) in [5, 5.41) is 0. The van der Waals surface area contributed by atoms with Gasteiger partial charge in [0, 0.05) is 37.8 Å². The van der Waals surface area contributed by atoms with Gasteiger partial charge >= 0.3 is 0 Å². The molecule has 4 heteroatoms. The van der Waals surface area contributed by atoms with Gasteiger partial charge in [0.1, 0.15) is 5.70 Å². The lowest BCUT2D eigenvalue weighted by Gasteiger charge is -2.34. The first kappa shape index (κ1) is 17.0. The molecule has 1 aliphatic heterocycles. The molecule has 0 saturated carbocycles. The van der Waals surface area contributed by atoms with E-state index in [1.807, 2.05) is 49.5 Å². The summed E-state index contributed by atoms with van der Waals surface area (Å²) in [6.45, 7) is 3.77. The van der Waals surface area contributed by atoms with Crippen LogP contribution in [0.4, 0.5) is 0 Å². The first-order valence-corrected chi connectivity index (χ1v) is 8.59. The van der Waals surface area contributed by atoms with E-state index in [0.717, 1.165) is 6.54 Å². The monoisotopic (exact) mass is 334 g/mol. The Labute approximate surface area is 148 Å². The van der Waals surface area contributed by atoms with Crippen LogP contribution in [-0.2, 0) is 11.3 Å². The maximum Gasteiger partial charge on any atom is 0.258 e. The van der Waals surface area contributed by atoms with Gasteiger partial charge in [0.25, 0.3) is 5.91 Å². The highest BCUT2D eigenvalue weighted by molar-refractivity contribution is 6.03. The smallest absolute Gasteiger partial charge is 0.258 e. The van der Waals surface area contributed by atoms with E-state index >= 15 is 0 Å². The molecule has 0 aromatic heterocycles. The molecule has 0 fully saturated rings. The summed E-state index contributed by atoms with van der Waals surface area (Å²) in [7, 11) is 0. The molecule has 4 nitrogen and oxygen atoms in total. The molecule has 0 spiro atoms. The standard InChI is InChI=1S/C21H22N2O2/c1-2-20(24)19-16-22(15-17-9-5-3-6-10-17)13-14-23(19)21(25)18-11-7-4-8-12-18/h3-12,16H,2,13-15H2,1H3. The summed E-state index contributed by atoms with van der Waals surface area (Å²) in [4.78, 5) is 28.9. The minimum absolute atomic E-state index is 0.0120. The van der Waals surface area contributed by atoms with Crippen molar-refractivity contribution < 1.29 is 9.59 Å². The molecule has 1 heterocycles. The number of amides is 1. The fourth-order valence-corrected chi connectivity index (χ4v) is 2.95. The van der Waals surface area contributed by atoms with Crippen LogP contribution in [0.5, 0.6) is 0 Å². The lowest BCUT2D eigenvalue weighted by molar-refractivity contribution is -0.116. The van der Waals surface area contributed by atoms with Gasteiger partial charge in [0.2, 0.25) is 0 Å². The average molecular weight is 334 g/mol. The number of rotatable bonds is 5. The minimum atomic E-state index is -0.118. The van der Waals surface area contributed by atoms with Crippen LogP contribution in [0.2, 0.25) is 0 Å². The van der Waals surface area contributed by atoms with Crippen molar-refractivity contribution in [3.8, 4) is 0 Å². The summed E-state index contributed by atoms with van der Waals surface area (Å²) in [5.41, 5.74) is 2.28. The Hall–Kier alpha value is -2.88. The third-order valence-electron chi connectivity index (χ3n) is 4.31. The van der Waals surface area contributed by atoms with E-state index in [1.54, 1.807) is 17.0 Å². The zero-order valence-corrected chi connectivity index (χ0v) is 14.4. The van der Waals surface area contributed by atoms with Gasteiger partial charge in [-0.1, -0.05) is 55.5 Å². The normalized spacial score (nSPS) is 14.2. The zero-order chi connectivity index (χ0) is 17.6. The Bertz CT molecular complexity index is 769. The van der Waals surface area contributed by atoms with E-state index in [-0.39, 0.29) is 11.7 Å². The first-order chi connectivity index (χ1) is 12.2. The number of benzene rings is 2. The van der Waals surface area contributed by atoms with Crippen LogP contribution in [0, 0.1) is 0 Å². The highest BCUT2D eigenvalue weighted by atomic mass is 16.2.